The van der Waals surface area contributed by atoms with Crippen LogP contribution >= 0.6 is 8.58 Å². The molecule has 2 aromatic rings. The summed E-state index contributed by atoms with van der Waals surface area (Å²) in [6, 6.07) is 12.2. The lowest BCUT2D eigenvalue weighted by atomic mass is 9.96. The molecule has 0 amide bonds. The largest absolute Gasteiger partial charge is 0.508 e. The summed E-state index contributed by atoms with van der Waals surface area (Å²) >= 11 is 0. The molecule has 136 valence electrons. The van der Waals surface area contributed by atoms with Crippen molar-refractivity contribution >= 4 is 13.9 Å². The number of phenols is 1. The summed E-state index contributed by atoms with van der Waals surface area (Å²) < 4.78 is 5.38. The minimum Gasteiger partial charge on any atom is -0.508 e. The van der Waals surface area contributed by atoms with Gasteiger partial charge in [-0.05, 0) is 56.5 Å². The van der Waals surface area contributed by atoms with E-state index in [4.69, 9.17) is 4.74 Å². The van der Waals surface area contributed by atoms with Gasteiger partial charge < -0.3 is 14.7 Å². The lowest BCUT2D eigenvalue weighted by molar-refractivity contribution is 0.403. The number of aromatic hydroxyl groups is 1. The first-order valence-corrected chi connectivity index (χ1v) is 9.69. The summed E-state index contributed by atoms with van der Waals surface area (Å²) in [4.78, 5) is 2.20. The Labute approximate surface area is 153 Å². The number of hydrogen-bond acceptors (Lipinski definition) is 3. The molecule has 0 heterocycles. The van der Waals surface area contributed by atoms with Gasteiger partial charge in [0.15, 0.2) is 0 Å². The molecule has 0 saturated carbocycles. The van der Waals surface area contributed by atoms with Crippen LogP contribution in [0, 0.1) is 6.92 Å². The molecule has 2 atom stereocenters. The van der Waals surface area contributed by atoms with Crippen LogP contribution < -0.4 is 10.0 Å². The van der Waals surface area contributed by atoms with E-state index in [-0.39, 0.29) is 5.16 Å². The molecule has 2 aromatic carbocycles. The van der Waals surface area contributed by atoms with Crippen LogP contribution in [0.3, 0.4) is 0 Å². The molecule has 0 fully saturated rings. The van der Waals surface area contributed by atoms with Gasteiger partial charge in [-0.15, -0.1) is 0 Å². The highest BCUT2D eigenvalue weighted by Gasteiger charge is 2.29. The van der Waals surface area contributed by atoms with E-state index in [2.05, 4.69) is 58.0 Å². The Morgan fingerprint density at radius 1 is 1.16 bits per heavy atom. The number of benzene rings is 2. The molecule has 2 rings (SSSR count). The minimum absolute atomic E-state index is 0.130. The zero-order valence-corrected chi connectivity index (χ0v) is 17.2. The average Bonchev–Trinajstić information content (AvgIpc) is 2.57. The molecule has 0 bridgehead atoms. The fourth-order valence-electron chi connectivity index (χ4n) is 3.04. The van der Waals surface area contributed by atoms with Gasteiger partial charge in [0.05, 0.1) is 7.11 Å². The zero-order valence-electron chi connectivity index (χ0n) is 16.2. The van der Waals surface area contributed by atoms with E-state index in [1.807, 2.05) is 6.07 Å². The first-order valence-electron chi connectivity index (χ1n) is 8.69. The number of nitrogens with zero attached hydrogens (tertiary/aromatic N) is 1. The predicted octanol–water partition coefficient (Wildman–Crippen LogP) is 4.40. The highest BCUT2D eigenvalue weighted by Crippen LogP contribution is 2.48. The molecule has 2 unspecified atom stereocenters. The van der Waals surface area contributed by atoms with Gasteiger partial charge in [-0.2, -0.15) is 0 Å². The molecular formula is C21H30NO2P. The van der Waals surface area contributed by atoms with Gasteiger partial charge >= 0.3 is 0 Å². The summed E-state index contributed by atoms with van der Waals surface area (Å²) in [6.45, 7) is 7.48. The van der Waals surface area contributed by atoms with E-state index in [0.717, 1.165) is 24.3 Å². The quantitative estimate of drug-likeness (QED) is 0.744. The Balaban J connectivity index is 2.45. The molecule has 0 spiro atoms. The summed E-state index contributed by atoms with van der Waals surface area (Å²) in [7, 11) is 6.43. The molecule has 0 aromatic heterocycles. The zero-order chi connectivity index (χ0) is 18.6. The number of phenolic OH excluding ortho intramolecular Hbond substituents is 1. The SMILES string of the molecule is CCC(C)(Pc1ccc(C)cc1CN(C)C)c1cc(OC)ccc1O. The van der Waals surface area contributed by atoms with Crippen LogP contribution in [0.25, 0.3) is 0 Å². The van der Waals surface area contributed by atoms with Gasteiger partial charge in [-0.3, -0.25) is 0 Å². The third-order valence-electron chi connectivity index (χ3n) is 4.66. The maximum Gasteiger partial charge on any atom is 0.119 e. The second-order valence-electron chi connectivity index (χ2n) is 7.09. The van der Waals surface area contributed by atoms with Gasteiger partial charge in [0, 0.05) is 17.3 Å². The van der Waals surface area contributed by atoms with Crippen molar-refractivity contribution in [1.29, 1.82) is 0 Å². The van der Waals surface area contributed by atoms with Crippen molar-refractivity contribution < 1.29 is 9.84 Å². The molecule has 0 aliphatic heterocycles. The highest BCUT2D eigenvalue weighted by molar-refractivity contribution is 7.48. The van der Waals surface area contributed by atoms with Crippen LogP contribution in [-0.2, 0) is 11.7 Å². The van der Waals surface area contributed by atoms with E-state index < -0.39 is 0 Å². The van der Waals surface area contributed by atoms with Crippen molar-refractivity contribution in [2.24, 2.45) is 0 Å². The van der Waals surface area contributed by atoms with E-state index in [1.165, 1.54) is 16.4 Å². The number of rotatable bonds is 7. The monoisotopic (exact) mass is 359 g/mol. The lowest BCUT2D eigenvalue weighted by Crippen LogP contribution is -2.22. The number of aryl methyl sites for hydroxylation is 1. The van der Waals surface area contributed by atoms with Crippen LogP contribution in [0.15, 0.2) is 36.4 Å². The highest BCUT2D eigenvalue weighted by atomic mass is 31.1. The van der Waals surface area contributed by atoms with Crippen molar-refractivity contribution in [3.63, 3.8) is 0 Å². The van der Waals surface area contributed by atoms with E-state index in [0.29, 0.717) is 14.3 Å². The molecule has 25 heavy (non-hydrogen) atoms. The summed E-state index contributed by atoms with van der Waals surface area (Å²) in [5.41, 5.74) is 3.61. The number of hydrogen-bond donors (Lipinski definition) is 1. The normalized spacial score (nSPS) is 14.2. The first kappa shape index (κ1) is 19.8. The Morgan fingerprint density at radius 2 is 1.88 bits per heavy atom. The molecule has 3 nitrogen and oxygen atoms in total. The van der Waals surface area contributed by atoms with E-state index >= 15 is 0 Å². The maximum atomic E-state index is 10.5. The fraction of sp³-hybridized carbons (Fsp3) is 0.429. The van der Waals surface area contributed by atoms with Crippen molar-refractivity contribution in [3.8, 4) is 11.5 Å². The third kappa shape index (κ3) is 4.74. The van der Waals surface area contributed by atoms with Crippen LogP contribution in [0.4, 0.5) is 0 Å². The smallest absolute Gasteiger partial charge is 0.119 e. The fourth-order valence-corrected chi connectivity index (χ4v) is 4.63. The topological polar surface area (TPSA) is 32.7 Å². The van der Waals surface area contributed by atoms with Crippen molar-refractivity contribution in [2.75, 3.05) is 21.2 Å². The maximum absolute atomic E-state index is 10.5. The molecule has 0 radical (unpaired) electrons. The average molecular weight is 359 g/mol. The first-order chi connectivity index (χ1) is 11.8. The Hall–Kier alpha value is -1.57. The third-order valence-corrected chi connectivity index (χ3v) is 6.59. The summed E-state index contributed by atoms with van der Waals surface area (Å²) in [6.07, 6.45) is 0.946. The van der Waals surface area contributed by atoms with Gasteiger partial charge in [0.2, 0.25) is 0 Å². The minimum atomic E-state index is -0.130. The summed E-state index contributed by atoms with van der Waals surface area (Å²) in [5, 5.41) is 11.7. The number of methoxy groups -OCH3 is 1. The second-order valence-corrected chi connectivity index (χ2v) is 8.98. The Bertz CT molecular complexity index is 730. The van der Waals surface area contributed by atoms with Crippen LogP contribution in [0.2, 0.25) is 0 Å². The van der Waals surface area contributed by atoms with Crippen molar-refractivity contribution in [1.82, 2.24) is 4.90 Å². The second kappa shape index (κ2) is 8.21. The molecule has 0 aliphatic carbocycles. The Kier molecular flexibility index (Phi) is 6.48. The standard InChI is InChI=1S/C21H30NO2P/c1-7-21(3,18-13-17(24-6)9-10-19(18)23)25-20-11-8-15(2)12-16(20)14-22(4)5/h8-13,23,25H,7,14H2,1-6H3. The van der Waals surface area contributed by atoms with Crippen molar-refractivity contribution in [2.45, 2.75) is 38.9 Å². The molecular weight excluding hydrogens is 329 g/mol. The molecule has 0 aliphatic rings. The molecule has 1 N–H and O–H groups in total. The van der Waals surface area contributed by atoms with Crippen LogP contribution in [0.1, 0.15) is 37.0 Å². The van der Waals surface area contributed by atoms with Gasteiger partial charge in [-0.25, -0.2) is 0 Å². The van der Waals surface area contributed by atoms with Gasteiger partial charge in [-0.1, -0.05) is 46.2 Å². The van der Waals surface area contributed by atoms with Crippen LogP contribution in [-0.4, -0.2) is 31.2 Å². The Morgan fingerprint density at radius 3 is 2.48 bits per heavy atom. The van der Waals surface area contributed by atoms with E-state index in [9.17, 15) is 5.11 Å². The lowest BCUT2D eigenvalue weighted by Gasteiger charge is -2.31. The van der Waals surface area contributed by atoms with Gasteiger partial charge in [0.1, 0.15) is 11.5 Å². The molecule has 4 heteroatoms. The van der Waals surface area contributed by atoms with E-state index in [1.54, 1.807) is 19.2 Å². The van der Waals surface area contributed by atoms with Crippen molar-refractivity contribution in [3.05, 3.63) is 53.1 Å². The number of ether oxygens (including phenoxy) is 1. The van der Waals surface area contributed by atoms with Gasteiger partial charge in [0.25, 0.3) is 0 Å². The molecule has 0 saturated heterocycles. The van der Waals surface area contributed by atoms with Crippen LogP contribution in [0.5, 0.6) is 11.5 Å². The predicted molar refractivity (Wildman–Crippen MR) is 109 cm³/mol. The summed E-state index contributed by atoms with van der Waals surface area (Å²) in [5.74, 6) is 1.13.